The molecule has 0 saturated heterocycles. The fourth-order valence-corrected chi connectivity index (χ4v) is 2.11. The quantitative estimate of drug-likeness (QED) is 0.874. The summed E-state index contributed by atoms with van der Waals surface area (Å²) in [6.45, 7) is 5.15. The minimum absolute atomic E-state index is 0.311. The molecule has 0 spiro atoms. The second-order valence-electron chi connectivity index (χ2n) is 2.95. The van der Waals surface area contributed by atoms with Crippen LogP contribution >= 0.6 is 27.5 Å². The Kier molecular flexibility index (Phi) is 4.23. The second kappa shape index (κ2) is 4.99. The molecule has 1 aromatic rings. The lowest BCUT2D eigenvalue weighted by Crippen LogP contribution is -2.17. The Morgan fingerprint density at radius 1 is 1.54 bits per heavy atom. The minimum atomic E-state index is 0.311. The summed E-state index contributed by atoms with van der Waals surface area (Å²) in [5.41, 5.74) is 1.15. The first-order chi connectivity index (χ1) is 6.15. The van der Waals surface area contributed by atoms with E-state index in [-0.39, 0.29) is 0 Å². The van der Waals surface area contributed by atoms with Gasteiger partial charge in [-0.25, -0.2) is 0 Å². The Balaban J connectivity index is 2.88. The van der Waals surface area contributed by atoms with E-state index < -0.39 is 0 Å². The van der Waals surface area contributed by atoms with E-state index in [1.54, 1.807) is 0 Å². The summed E-state index contributed by atoms with van der Waals surface area (Å²) in [6, 6.07) is 6.28. The topological polar surface area (TPSA) is 12.0 Å². The zero-order valence-corrected chi connectivity index (χ0v) is 10.1. The lowest BCUT2D eigenvalue weighted by molar-refractivity contribution is 0.598. The highest BCUT2D eigenvalue weighted by Crippen LogP contribution is 2.25. The summed E-state index contributed by atoms with van der Waals surface area (Å²) in [5, 5.41) is 4.13. The fourth-order valence-electron chi connectivity index (χ4n) is 1.27. The van der Waals surface area contributed by atoms with Crippen LogP contribution in [0.2, 0.25) is 5.02 Å². The van der Waals surface area contributed by atoms with Crippen LogP contribution in [-0.4, -0.2) is 6.54 Å². The van der Waals surface area contributed by atoms with E-state index in [2.05, 4.69) is 35.1 Å². The maximum absolute atomic E-state index is 6.09. The first-order valence-electron chi connectivity index (χ1n) is 4.33. The molecule has 0 heterocycles. The molecular formula is C10H13BrClN. The van der Waals surface area contributed by atoms with Gasteiger partial charge in [-0.2, -0.15) is 0 Å². The Hall–Kier alpha value is -0.0500. The van der Waals surface area contributed by atoms with Crippen molar-refractivity contribution in [3.63, 3.8) is 0 Å². The number of nitrogens with one attached hydrogen (secondary N) is 1. The van der Waals surface area contributed by atoms with Crippen molar-refractivity contribution in [2.45, 2.75) is 19.9 Å². The van der Waals surface area contributed by atoms with Gasteiger partial charge in [0.05, 0.1) is 0 Å². The third kappa shape index (κ3) is 2.97. The third-order valence-electron chi connectivity index (χ3n) is 1.94. The molecule has 3 heteroatoms. The lowest BCUT2D eigenvalue weighted by Gasteiger charge is -2.14. The van der Waals surface area contributed by atoms with Gasteiger partial charge in [0.25, 0.3) is 0 Å². The Bertz CT molecular complexity index is 288. The van der Waals surface area contributed by atoms with Gasteiger partial charge >= 0.3 is 0 Å². The first-order valence-corrected chi connectivity index (χ1v) is 5.50. The van der Waals surface area contributed by atoms with E-state index in [1.165, 1.54) is 0 Å². The number of benzene rings is 1. The predicted octanol–water partition coefficient (Wildman–Crippen LogP) is 3.77. The van der Waals surface area contributed by atoms with Crippen LogP contribution in [0.15, 0.2) is 22.7 Å². The molecule has 0 aromatic heterocycles. The molecule has 72 valence electrons. The van der Waals surface area contributed by atoms with E-state index in [0.717, 1.165) is 21.6 Å². The molecule has 0 radical (unpaired) electrons. The van der Waals surface area contributed by atoms with Crippen LogP contribution in [0.3, 0.4) is 0 Å². The predicted molar refractivity (Wildman–Crippen MR) is 61.2 cm³/mol. The number of rotatable bonds is 3. The molecule has 1 atom stereocenters. The molecule has 1 unspecified atom stereocenters. The zero-order chi connectivity index (χ0) is 9.84. The van der Waals surface area contributed by atoms with Gasteiger partial charge in [0.15, 0.2) is 0 Å². The van der Waals surface area contributed by atoms with E-state index in [9.17, 15) is 0 Å². The molecule has 0 aliphatic heterocycles. The molecule has 0 aliphatic carbocycles. The summed E-state index contributed by atoms with van der Waals surface area (Å²) in [5.74, 6) is 0. The molecule has 1 N–H and O–H groups in total. The summed E-state index contributed by atoms with van der Waals surface area (Å²) in [7, 11) is 0. The van der Waals surface area contributed by atoms with Gasteiger partial charge in [0.2, 0.25) is 0 Å². The normalized spacial score (nSPS) is 12.9. The molecule has 13 heavy (non-hydrogen) atoms. The number of hydrogen-bond acceptors (Lipinski definition) is 1. The molecule has 0 saturated carbocycles. The van der Waals surface area contributed by atoms with Crippen molar-refractivity contribution >= 4 is 27.5 Å². The maximum Gasteiger partial charge on any atom is 0.0464 e. The third-order valence-corrected chi connectivity index (χ3v) is 2.76. The van der Waals surface area contributed by atoms with Crippen molar-refractivity contribution in [3.8, 4) is 0 Å². The van der Waals surface area contributed by atoms with Crippen molar-refractivity contribution in [1.82, 2.24) is 5.32 Å². The van der Waals surface area contributed by atoms with Crippen molar-refractivity contribution in [1.29, 1.82) is 0 Å². The van der Waals surface area contributed by atoms with E-state index in [1.807, 2.05) is 18.2 Å². The van der Waals surface area contributed by atoms with Crippen LogP contribution in [0.1, 0.15) is 25.5 Å². The first kappa shape index (κ1) is 11.0. The second-order valence-corrected chi connectivity index (χ2v) is 4.27. The Labute approximate surface area is 92.6 Å². The van der Waals surface area contributed by atoms with Crippen LogP contribution < -0.4 is 5.32 Å². The van der Waals surface area contributed by atoms with Crippen molar-refractivity contribution in [3.05, 3.63) is 33.3 Å². The molecule has 0 amide bonds. The molecule has 0 fully saturated rings. The molecular weight excluding hydrogens is 249 g/mol. The largest absolute Gasteiger partial charge is 0.310 e. The zero-order valence-electron chi connectivity index (χ0n) is 7.77. The van der Waals surface area contributed by atoms with Gasteiger partial charge in [0, 0.05) is 15.5 Å². The fraction of sp³-hybridized carbons (Fsp3) is 0.400. The number of halogens is 2. The molecule has 0 bridgehead atoms. The van der Waals surface area contributed by atoms with E-state index in [4.69, 9.17) is 11.6 Å². The standard InChI is InChI=1S/C10H13BrClN/c1-3-13-7(2)9-5-4-8(11)6-10(9)12/h4-7,13H,3H2,1-2H3. The molecule has 1 aromatic carbocycles. The lowest BCUT2D eigenvalue weighted by atomic mass is 10.1. The van der Waals surface area contributed by atoms with Gasteiger partial charge in [-0.1, -0.05) is 40.5 Å². The Morgan fingerprint density at radius 3 is 2.77 bits per heavy atom. The SMILES string of the molecule is CCNC(C)c1ccc(Br)cc1Cl. The van der Waals surface area contributed by atoms with Gasteiger partial charge in [-0.3, -0.25) is 0 Å². The van der Waals surface area contributed by atoms with Crippen molar-refractivity contribution < 1.29 is 0 Å². The van der Waals surface area contributed by atoms with Crippen LogP contribution in [-0.2, 0) is 0 Å². The molecule has 1 rings (SSSR count). The average molecular weight is 263 g/mol. The highest BCUT2D eigenvalue weighted by Gasteiger charge is 2.07. The Morgan fingerprint density at radius 2 is 2.23 bits per heavy atom. The molecule has 1 nitrogen and oxygen atoms in total. The van der Waals surface area contributed by atoms with Gasteiger partial charge in [-0.05, 0) is 31.2 Å². The monoisotopic (exact) mass is 261 g/mol. The smallest absolute Gasteiger partial charge is 0.0464 e. The molecule has 0 aliphatic rings. The summed E-state index contributed by atoms with van der Waals surface area (Å²) >= 11 is 9.47. The number of hydrogen-bond donors (Lipinski definition) is 1. The highest BCUT2D eigenvalue weighted by molar-refractivity contribution is 9.10. The van der Waals surface area contributed by atoms with Gasteiger partial charge in [0.1, 0.15) is 0 Å². The highest BCUT2D eigenvalue weighted by atomic mass is 79.9. The van der Waals surface area contributed by atoms with Gasteiger partial charge < -0.3 is 5.32 Å². The van der Waals surface area contributed by atoms with E-state index in [0.29, 0.717) is 6.04 Å². The average Bonchev–Trinajstić information content (AvgIpc) is 2.04. The van der Waals surface area contributed by atoms with Crippen LogP contribution in [0.5, 0.6) is 0 Å². The van der Waals surface area contributed by atoms with Crippen LogP contribution in [0.25, 0.3) is 0 Å². The van der Waals surface area contributed by atoms with Crippen molar-refractivity contribution in [2.24, 2.45) is 0 Å². The van der Waals surface area contributed by atoms with Gasteiger partial charge in [-0.15, -0.1) is 0 Å². The minimum Gasteiger partial charge on any atom is -0.310 e. The van der Waals surface area contributed by atoms with Crippen molar-refractivity contribution in [2.75, 3.05) is 6.54 Å². The summed E-state index contributed by atoms with van der Waals surface area (Å²) < 4.78 is 1.02. The summed E-state index contributed by atoms with van der Waals surface area (Å²) in [4.78, 5) is 0. The maximum atomic E-state index is 6.09. The van der Waals surface area contributed by atoms with Crippen LogP contribution in [0, 0.1) is 0 Å². The summed E-state index contributed by atoms with van der Waals surface area (Å²) in [6.07, 6.45) is 0. The van der Waals surface area contributed by atoms with E-state index >= 15 is 0 Å². The van der Waals surface area contributed by atoms with Crippen LogP contribution in [0.4, 0.5) is 0 Å².